The second kappa shape index (κ2) is 9.78. The first-order valence-electron chi connectivity index (χ1n) is 10.2. The minimum Gasteiger partial charge on any atom is -0.497 e. The Morgan fingerprint density at radius 2 is 1.64 bits per heavy atom. The maximum atomic E-state index is 13.0. The average Bonchev–Trinajstić information content (AvgIpc) is 2.87. The molecule has 1 N–H and O–H groups in total. The van der Waals surface area contributed by atoms with Gasteiger partial charge in [-0.2, -0.15) is 0 Å². The number of ether oxygens (including phenoxy) is 2. The van der Waals surface area contributed by atoms with Crippen LogP contribution < -0.4 is 19.7 Å². The Morgan fingerprint density at radius 3 is 2.27 bits per heavy atom. The third-order valence-corrected chi connectivity index (χ3v) is 4.98. The molecule has 0 aliphatic rings. The van der Waals surface area contributed by atoms with Crippen LogP contribution in [0.5, 0.6) is 11.5 Å². The first-order valence-corrected chi connectivity index (χ1v) is 10.2. The number of benzene rings is 2. The number of hydrogen-bond acceptors (Lipinski definition) is 7. The van der Waals surface area contributed by atoms with E-state index in [0.717, 1.165) is 16.9 Å². The second-order valence-electron chi connectivity index (χ2n) is 7.15. The van der Waals surface area contributed by atoms with E-state index in [-0.39, 0.29) is 5.91 Å². The van der Waals surface area contributed by atoms with Crippen molar-refractivity contribution in [3.8, 4) is 11.5 Å². The largest absolute Gasteiger partial charge is 0.497 e. The van der Waals surface area contributed by atoms with E-state index in [2.05, 4.69) is 20.3 Å². The van der Waals surface area contributed by atoms with E-state index < -0.39 is 0 Å². The van der Waals surface area contributed by atoms with Gasteiger partial charge in [-0.3, -0.25) is 14.7 Å². The molecule has 0 aliphatic heterocycles. The Kier molecular flexibility index (Phi) is 6.45. The highest BCUT2D eigenvalue weighted by atomic mass is 16.5. The predicted molar refractivity (Wildman–Crippen MR) is 127 cm³/mol. The Balaban J connectivity index is 1.71. The quantitative estimate of drug-likeness (QED) is 0.435. The fourth-order valence-corrected chi connectivity index (χ4v) is 3.32. The third-order valence-electron chi connectivity index (χ3n) is 4.98. The van der Waals surface area contributed by atoms with Crippen molar-refractivity contribution in [3.63, 3.8) is 0 Å². The number of aryl methyl sites for hydroxylation is 1. The van der Waals surface area contributed by atoms with Crippen LogP contribution in [0.25, 0.3) is 0 Å². The van der Waals surface area contributed by atoms with E-state index in [1.165, 1.54) is 0 Å². The first kappa shape index (κ1) is 21.8. The van der Waals surface area contributed by atoms with Gasteiger partial charge in [-0.15, -0.1) is 0 Å². The molecule has 0 atom stereocenters. The van der Waals surface area contributed by atoms with Crippen LogP contribution in [-0.4, -0.2) is 35.1 Å². The van der Waals surface area contributed by atoms with Gasteiger partial charge >= 0.3 is 0 Å². The lowest BCUT2D eigenvalue weighted by Crippen LogP contribution is -2.16. The molecule has 0 spiro atoms. The fourth-order valence-electron chi connectivity index (χ4n) is 3.32. The molecule has 0 aliphatic carbocycles. The summed E-state index contributed by atoms with van der Waals surface area (Å²) in [7, 11) is 3.09. The molecule has 0 bridgehead atoms. The van der Waals surface area contributed by atoms with Crippen molar-refractivity contribution in [2.75, 3.05) is 24.4 Å². The Hall–Kier alpha value is -4.46. The standard InChI is InChI=1S/C25H23N5O3/c1-17-7-8-19(29-24(31)18-12-21(32-2)15-22(13-18)33-3)14-23(17)30(20-6-4-9-26-16-20)25-27-10-5-11-28-25/h4-16H,1-3H3,(H,29,31). The minimum atomic E-state index is -0.286. The first-order chi connectivity index (χ1) is 16.1. The van der Waals surface area contributed by atoms with Crippen molar-refractivity contribution in [1.82, 2.24) is 15.0 Å². The molecule has 33 heavy (non-hydrogen) atoms. The number of aromatic nitrogens is 3. The van der Waals surface area contributed by atoms with Gasteiger partial charge in [0.25, 0.3) is 5.91 Å². The van der Waals surface area contributed by atoms with Crippen LogP contribution in [0.3, 0.4) is 0 Å². The lowest BCUT2D eigenvalue weighted by Gasteiger charge is -2.24. The number of pyridine rings is 1. The van der Waals surface area contributed by atoms with E-state index in [4.69, 9.17) is 9.47 Å². The number of nitrogens with one attached hydrogen (secondary N) is 1. The van der Waals surface area contributed by atoms with Gasteiger partial charge in [0.2, 0.25) is 5.95 Å². The second-order valence-corrected chi connectivity index (χ2v) is 7.15. The summed E-state index contributed by atoms with van der Waals surface area (Å²) in [6.07, 6.45) is 6.81. The molecule has 2 heterocycles. The van der Waals surface area contributed by atoms with Gasteiger partial charge in [0.05, 0.1) is 31.8 Å². The molecule has 2 aromatic carbocycles. The van der Waals surface area contributed by atoms with Crippen molar-refractivity contribution in [2.24, 2.45) is 0 Å². The Labute approximate surface area is 191 Å². The third kappa shape index (κ3) is 4.90. The maximum Gasteiger partial charge on any atom is 0.255 e. The number of methoxy groups -OCH3 is 2. The van der Waals surface area contributed by atoms with Crippen molar-refractivity contribution in [3.05, 3.63) is 90.5 Å². The van der Waals surface area contributed by atoms with E-state index in [0.29, 0.717) is 28.7 Å². The van der Waals surface area contributed by atoms with Gasteiger partial charge in [-0.05, 0) is 55.0 Å². The topological polar surface area (TPSA) is 89.5 Å². The molecule has 0 unspecified atom stereocenters. The molecule has 8 nitrogen and oxygen atoms in total. The van der Waals surface area contributed by atoms with E-state index >= 15 is 0 Å². The van der Waals surface area contributed by atoms with Crippen molar-refractivity contribution >= 4 is 28.9 Å². The van der Waals surface area contributed by atoms with Crippen molar-refractivity contribution < 1.29 is 14.3 Å². The highest BCUT2D eigenvalue weighted by molar-refractivity contribution is 6.05. The molecule has 8 heteroatoms. The number of rotatable bonds is 7. The smallest absolute Gasteiger partial charge is 0.255 e. The van der Waals surface area contributed by atoms with Gasteiger partial charge in [-0.25, -0.2) is 9.97 Å². The molecule has 0 radical (unpaired) electrons. The highest BCUT2D eigenvalue weighted by Gasteiger charge is 2.18. The Bertz CT molecular complexity index is 1190. The van der Waals surface area contributed by atoms with Crippen LogP contribution in [0.15, 0.2) is 79.4 Å². The highest BCUT2D eigenvalue weighted by Crippen LogP contribution is 2.35. The average molecular weight is 441 g/mol. The van der Waals surface area contributed by atoms with Gasteiger partial charge in [0, 0.05) is 35.9 Å². The molecule has 0 saturated carbocycles. The number of hydrogen-bond donors (Lipinski definition) is 1. The minimum absolute atomic E-state index is 0.286. The summed E-state index contributed by atoms with van der Waals surface area (Å²) in [6, 6.07) is 16.2. The zero-order valence-corrected chi connectivity index (χ0v) is 18.5. The van der Waals surface area contributed by atoms with Crippen LogP contribution in [0.4, 0.5) is 23.0 Å². The number of nitrogens with zero attached hydrogens (tertiary/aromatic N) is 4. The van der Waals surface area contributed by atoms with Gasteiger partial charge in [-0.1, -0.05) is 6.07 Å². The molecule has 166 valence electrons. The van der Waals surface area contributed by atoms with Crippen molar-refractivity contribution in [1.29, 1.82) is 0 Å². The summed E-state index contributed by atoms with van der Waals surface area (Å²) in [5, 5.41) is 2.95. The van der Waals surface area contributed by atoms with Gasteiger partial charge in [0.1, 0.15) is 11.5 Å². The summed E-state index contributed by atoms with van der Waals surface area (Å²) in [4.78, 5) is 28.0. The monoisotopic (exact) mass is 441 g/mol. The molecular weight excluding hydrogens is 418 g/mol. The molecule has 2 aromatic heterocycles. The van der Waals surface area contributed by atoms with Crippen LogP contribution in [0.1, 0.15) is 15.9 Å². The van der Waals surface area contributed by atoms with E-state index in [1.807, 2.05) is 42.2 Å². The summed E-state index contributed by atoms with van der Waals surface area (Å²) in [5.41, 5.74) is 3.63. The lowest BCUT2D eigenvalue weighted by molar-refractivity contribution is 0.102. The van der Waals surface area contributed by atoms with Crippen LogP contribution in [0.2, 0.25) is 0 Å². The van der Waals surface area contributed by atoms with Gasteiger partial charge < -0.3 is 14.8 Å². The summed E-state index contributed by atoms with van der Waals surface area (Å²) >= 11 is 0. The van der Waals surface area contributed by atoms with Crippen LogP contribution >= 0.6 is 0 Å². The number of anilines is 4. The lowest BCUT2D eigenvalue weighted by atomic mass is 10.1. The van der Waals surface area contributed by atoms with Gasteiger partial charge in [0.15, 0.2) is 0 Å². The molecule has 0 saturated heterocycles. The normalized spacial score (nSPS) is 10.4. The molecule has 4 aromatic rings. The number of amides is 1. The fraction of sp³-hybridized carbons (Fsp3) is 0.120. The molecule has 4 rings (SSSR count). The number of carbonyl (C=O) groups is 1. The van der Waals surface area contributed by atoms with Crippen molar-refractivity contribution in [2.45, 2.75) is 6.92 Å². The van der Waals surface area contributed by atoms with E-state index in [9.17, 15) is 4.79 Å². The number of carbonyl (C=O) groups excluding carboxylic acids is 1. The zero-order valence-electron chi connectivity index (χ0n) is 18.5. The van der Waals surface area contributed by atoms with Crippen LogP contribution in [0, 0.1) is 6.92 Å². The summed E-state index contributed by atoms with van der Waals surface area (Å²) < 4.78 is 10.6. The van der Waals surface area contributed by atoms with E-state index in [1.54, 1.807) is 63.3 Å². The maximum absolute atomic E-state index is 13.0. The molecule has 1 amide bonds. The zero-order chi connectivity index (χ0) is 23.2. The SMILES string of the molecule is COc1cc(OC)cc(C(=O)Nc2ccc(C)c(N(c3cccnc3)c3ncccn3)c2)c1. The molecule has 0 fully saturated rings. The summed E-state index contributed by atoms with van der Waals surface area (Å²) in [6.45, 7) is 1.99. The Morgan fingerprint density at radius 1 is 0.909 bits per heavy atom. The summed E-state index contributed by atoms with van der Waals surface area (Å²) in [5.74, 6) is 1.28. The van der Waals surface area contributed by atoms with Crippen LogP contribution in [-0.2, 0) is 0 Å². The predicted octanol–water partition coefficient (Wildman–Crippen LogP) is 4.92. The molecular formula is C25H23N5O3.